The first-order valence-corrected chi connectivity index (χ1v) is 15.7. The molecule has 14 heteroatoms. The van der Waals surface area contributed by atoms with Crippen LogP contribution >= 0.6 is 0 Å². The molecular weight excluding hydrogens is 631 g/mol. The van der Waals surface area contributed by atoms with Crippen LogP contribution in [0.3, 0.4) is 0 Å². The Morgan fingerprint density at radius 3 is 1.46 bits per heavy atom. The number of aliphatic carboxylic acids is 1. The molecule has 48 heavy (non-hydrogen) atoms. The largest absolute Gasteiger partial charge is 1.00 e. The van der Waals surface area contributed by atoms with Crippen molar-refractivity contribution in [2.45, 2.75) is 112 Å². The summed E-state index contributed by atoms with van der Waals surface area (Å²) in [6.07, 6.45) is 5.21. The van der Waals surface area contributed by atoms with Gasteiger partial charge in [-0.25, -0.2) is 19.6 Å². The van der Waals surface area contributed by atoms with Gasteiger partial charge in [0.2, 0.25) is 0 Å². The number of carbonyl (C=O) groups is 4. The number of nitrogens with zero attached hydrogens (tertiary/aromatic N) is 4. The van der Waals surface area contributed by atoms with E-state index in [0.717, 1.165) is 11.1 Å². The number of pyridine rings is 2. The van der Waals surface area contributed by atoms with Crippen molar-refractivity contribution in [3.8, 4) is 0 Å². The van der Waals surface area contributed by atoms with Gasteiger partial charge in [0.15, 0.2) is 0 Å². The van der Waals surface area contributed by atoms with Crippen LogP contribution in [0.25, 0.3) is 0 Å². The van der Waals surface area contributed by atoms with Gasteiger partial charge in [0.1, 0.15) is 22.8 Å². The second kappa shape index (κ2) is 23.2. The third kappa shape index (κ3) is 20.9. The zero-order valence-corrected chi connectivity index (χ0v) is 32.4. The normalized spacial score (nSPS) is 10.6. The number of hydrogen-bond acceptors (Lipinski definition) is 10. The number of esters is 1. The van der Waals surface area contributed by atoms with E-state index in [1.165, 1.54) is 9.80 Å². The molecule has 2 heterocycles. The topological polar surface area (TPSA) is 178 Å². The van der Waals surface area contributed by atoms with Crippen molar-refractivity contribution in [2.24, 2.45) is 0 Å². The van der Waals surface area contributed by atoms with Crippen LogP contribution in [0.2, 0.25) is 0 Å². The number of amides is 2. The summed E-state index contributed by atoms with van der Waals surface area (Å²) in [5.41, 5.74) is 0.828. The Kier molecular flexibility index (Phi) is 22.6. The van der Waals surface area contributed by atoms with Gasteiger partial charge < -0.3 is 24.8 Å². The number of carboxylic acid groups (broad SMARTS) is 1. The standard InChI is InChI=1S/C18H28N2O4.C16H24N2O4.Na.H2O/c1-6-23-16(21)9-7-8-12-20(17(22)24-18(3,4)5)15-13-14(2)10-11-19-15;1-12-8-9-17-13(11-12)18(10-6-5-7-14(19)20)15(21)22-16(2,3)4;;/h10-11,13H,6-9,12H2,1-5H3;8-9,11H,5-7,10H2,1-4H3,(H,19,20);;1H2/q;;+1;/p-1. The molecule has 0 aliphatic rings. The van der Waals surface area contributed by atoms with Gasteiger partial charge in [-0.3, -0.25) is 19.4 Å². The first kappa shape index (κ1) is 46.9. The molecule has 0 bridgehead atoms. The number of unbranched alkanes of at least 4 members (excludes halogenated alkanes) is 2. The molecule has 2 N–H and O–H groups in total. The second-order valence-corrected chi connectivity index (χ2v) is 12.8. The second-order valence-electron chi connectivity index (χ2n) is 12.8. The van der Waals surface area contributed by atoms with Gasteiger partial charge in [0.05, 0.1) is 6.61 Å². The quantitative estimate of drug-likeness (QED) is 0.139. The fraction of sp³-hybridized carbons (Fsp3) is 0.588. The van der Waals surface area contributed by atoms with Crippen LogP contribution in [0, 0.1) is 13.8 Å². The van der Waals surface area contributed by atoms with E-state index < -0.39 is 29.4 Å². The van der Waals surface area contributed by atoms with E-state index in [0.29, 0.717) is 63.4 Å². The van der Waals surface area contributed by atoms with E-state index in [1.807, 2.05) is 52.8 Å². The van der Waals surface area contributed by atoms with E-state index in [1.54, 1.807) is 46.2 Å². The van der Waals surface area contributed by atoms with Crippen LogP contribution in [0.15, 0.2) is 36.7 Å². The third-order valence-electron chi connectivity index (χ3n) is 5.92. The molecule has 0 aromatic carbocycles. The van der Waals surface area contributed by atoms with Crippen LogP contribution in [-0.4, -0.2) is 75.6 Å². The summed E-state index contributed by atoms with van der Waals surface area (Å²) in [4.78, 5) is 58.2. The van der Waals surface area contributed by atoms with Gasteiger partial charge in [0, 0.05) is 38.3 Å². The van der Waals surface area contributed by atoms with Gasteiger partial charge in [-0.2, -0.15) is 0 Å². The molecule has 0 atom stereocenters. The number of carboxylic acids is 1. The van der Waals surface area contributed by atoms with Crippen LogP contribution in [0.4, 0.5) is 21.2 Å². The Hall–Kier alpha value is -3.26. The summed E-state index contributed by atoms with van der Waals surface area (Å²) < 4.78 is 15.8. The maximum absolute atomic E-state index is 12.5. The third-order valence-corrected chi connectivity index (χ3v) is 5.92. The zero-order valence-electron chi connectivity index (χ0n) is 30.4. The molecule has 0 radical (unpaired) electrons. The first-order chi connectivity index (χ1) is 21.4. The smallest absolute Gasteiger partial charge is 0.870 e. The van der Waals surface area contributed by atoms with E-state index in [4.69, 9.17) is 19.3 Å². The molecule has 2 rings (SSSR count). The Balaban J connectivity index is 0. The summed E-state index contributed by atoms with van der Waals surface area (Å²) >= 11 is 0. The molecule has 264 valence electrons. The molecule has 0 saturated heterocycles. The molecule has 13 nitrogen and oxygen atoms in total. The average Bonchev–Trinajstić information content (AvgIpc) is 2.91. The average molecular weight is 685 g/mol. The fourth-order valence-corrected chi connectivity index (χ4v) is 3.89. The molecule has 0 aliphatic carbocycles. The Bertz CT molecular complexity index is 1280. The molecule has 2 amide bonds. The minimum absolute atomic E-state index is 0. The molecule has 0 spiro atoms. The number of carbonyl (C=O) groups excluding carboxylic acids is 3. The van der Waals surface area contributed by atoms with E-state index in [-0.39, 0.29) is 47.4 Å². The molecule has 2 aromatic heterocycles. The molecule has 0 unspecified atom stereocenters. The van der Waals surface area contributed by atoms with Gasteiger partial charge >= 0.3 is 53.7 Å². The predicted octanol–water partition coefficient (Wildman–Crippen LogP) is 4.08. The Morgan fingerprint density at radius 2 is 1.12 bits per heavy atom. The van der Waals surface area contributed by atoms with Gasteiger partial charge in [-0.15, -0.1) is 0 Å². The van der Waals surface area contributed by atoms with Crippen molar-refractivity contribution in [3.05, 3.63) is 47.8 Å². The molecular formula is C34H53N4NaO9. The summed E-state index contributed by atoms with van der Waals surface area (Å²) in [6, 6.07) is 7.37. The van der Waals surface area contributed by atoms with Crippen LogP contribution < -0.4 is 39.4 Å². The molecule has 0 saturated carbocycles. The van der Waals surface area contributed by atoms with Gasteiger partial charge in [-0.05, 0) is 123 Å². The number of aryl methyl sites for hydroxylation is 2. The summed E-state index contributed by atoms with van der Waals surface area (Å²) in [5, 5.41) is 8.68. The van der Waals surface area contributed by atoms with Crippen molar-refractivity contribution in [2.75, 3.05) is 29.5 Å². The van der Waals surface area contributed by atoms with Gasteiger partial charge in [-0.1, -0.05) is 0 Å². The van der Waals surface area contributed by atoms with E-state index >= 15 is 0 Å². The molecule has 0 fully saturated rings. The summed E-state index contributed by atoms with van der Waals surface area (Å²) in [5.74, 6) is 0.0254. The summed E-state index contributed by atoms with van der Waals surface area (Å²) in [6.45, 7) is 17.7. The van der Waals surface area contributed by atoms with E-state index in [9.17, 15) is 19.2 Å². The summed E-state index contributed by atoms with van der Waals surface area (Å²) in [7, 11) is 0. The monoisotopic (exact) mass is 684 g/mol. The zero-order chi connectivity index (χ0) is 34.9. The van der Waals surface area contributed by atoms with Crippen molar-refractivity contribution < 1.29 is 73.5 Å². The van der Waals surface area contributed by atoms with Crippen molar-refractivity contribution in [1.82, 2.24) is 9.97 Å². The Labute approximate surface area is 307 Å². The number of hydrogen-bond donors (Lipinski definition) is 1. The minimum Gasteiger partial charge on any atom is -0.870 e. The predicted molar refractivity (Wildman–Crippen MR) is 179 cm³/mol. The first-order valence-electron chi connectivity index (χ1n) is 15.7. The maximum atomic E-state index is 12.5. The number of ether oxygens (including phenoxy) is 3. The number of aromatic nitrogens is 2. The number of rotatable bonds is 13. The van der Waals surface area contributed by atoms with Gasteiger partial charge in [0.25, 0.3) is 0 Å². The van der Waals surface area contributed by atoms with E-state index in [2.05, 4.69) is 9.97 Å². The Morgan fingerprint density at radius 1 is 0.729 bits per heavy atom. The van der Waals surface area contributed by atoms with Crippen molar-refractivity contribution in [1.29, 1.82) is 0 Å². The van der Waals surface area contributed by atoms with Crippen LogP contribution in [0.1, 0.15) is 98.1 Å². The van der Waals surface area contributed by atoms with Crippen molar-refractivity contribution in [3.63, 3.8) is 0 Å². The SMILES string of the molecule is CCOC(=O)CCCCN(C(=O)OC(C)(C)C)c1cc(C)ccn1.Cc1ccnc(N(CCCCC(=O)O)C(=O)OC(C)(C)C)c1.[Na+].[OH-]. The number of anilines is 2. The molecule has 0 aliphatic heterocycles. The maximum Gasteiger partial charge on any atom is 1.00 e. The van der Waals surface area contributed by atoms with Crippen LogP contribution in [0.5, 0.6) is 0 Å². The van der Waals surface area contributed by atoms with Crippen LogP contribution in [-0.2, 0) is 23.8 Å². The fourth-order valence-electron chi connectivity index (χ4n) is 3.89. The van der Waals surface area contributed by atoms with Crippen molar-refractivity contribution >= 4 is 35.8 Å². The minimum atomic E-state index is -0.836. The molecule has 2 aromatic rings.